The van der Waals surface area contributed by atoms with Crippen LogP contribution in [-0.4, -0.2) is 48.9 Å². The fourth-order valence-electron chi connectivity index (χ4n) is 3.09. The Bertz CT molecular complexity index is 675. The van der Waals surface area contributed by atoms with Gasteiger partial charge in [0.25, 0.3) is 5.91 Å². The molecule has 2 heterocycles. The first-order chi connectivity index (χ1) is 12.3. The molecule has 0 unspecified atom stereocenters. The van der Waals surface area contributed by atoms with Crippen molar-refractivity contribution in [3.8, 4) is 11.5 Å². The molecular formula is C19H26N2O5. The summed E-state index contributed by atoms with van der Waals surface area (Å²) in [6.07, 6.45) is 1.31. The molecule has 0 radical (unpaired) electrons. The molecule has 2 aliphatic heterocycles. The number of benzene rings is 1. The van der Waals surface area contributed by atoms with Crippen molar-refractivity contribution in [2.75, 3.05) is 26.4 Å². The maximum Gasteiger partial charge on any atom is 0.407 e. The van der Waals surface area contributed by atoms with Crippen LogP contribution in [0.5, 0.6) is 11.5 Å². The van der Waals surface area contributed by atoms with Gasteiger partial charge in [-0.15, -0.1) is 0 Å². The van der Waals surface area contributed by atoms with Crippen LogP contribution < -0.4 is 14.8 Å². The van der Waals surface area contributed by atoms with E-state index in [9.17, 15) is 9.59 Å². The van der Waals surface area contributed by atoms with Crippen LogP contribution in [0.25, 0.3) is 0 Å². The summed E-state index contributed by atoms with van der Waals surface area (Å²) in [6, 6.07) is 5.28. The summed E-state index contributed by atoms with van der Waals surface area (Å²) in [4.78, 5) is 26.2. The molecular weight excluding hydrogens is 336 g/mol. The van der Waals surface area contributed by atoms with Crippen molar-refractivity contribution in [1.82, 2.24) is 10.2 Å². The Morgan fingerprint density at radius 3 is 2.58 bits per heavy atom. The molecule has 1 fully saturated rings. The number of carbonyl (C=O) groups excluding carboxylic acids is 2. The fraction of sp³-hybridized carbons (Fsp3) is 0.579. The van der Waals surface area contributed by atoms with Gasteiger partial charge in [0.05, 0.1) is 0 Å². The lowest BCUT2D eigenvalue weighted by Gasteiger charge is -2.32. The number of likely N-dealkylation sites (tertiary alicyclic amines) is 1. The summed E-state index contributed by atoms with van der Waals surface area (Å²) < 4.78 is 15.9. The number of nitrogens with zero attached hydrogens (tertiary/aromatic N) is 1. The molecule has 1 saturated heterocycles. The molecule has 142 valence electrons. The van der Waals surface area contributed by atoms with Crippen molar-refractivity contribution in [3.63, 3.8) is 0 Å². The number of alkyl carbamates (subject to hydrolysis) is 1. The molecule has 3 rings (SSSR count). The van der Waals surface area contributed by atoms with Crippen LogP contribution in [0.4, 0.5) is 4.79 Å². The van der Waals surface area contributed by atoms with Gasteiger partial charge in [-0.25, -0.2) is 4.79 Å². The first-order valence-corrected chi connectivity index (χ1v) is 8.97. The number of hydrogen-bond donors (Lipinski definition) is 1. The largest absolute Gasteiger partial charge is 0.454 e. The number of rotatable bonds is 3. The molecule has 0 saturated carbocycles. The minimum Gasteiger partial charge on any atom is -0.454 e. The van der Waals surface area contributed by atoms with E-state index in [-0.39, 0.29) is 12.7 Å². The maximum atomic E-state index is 12.7. The highest BCUT2D eigenvalue weighted by molar-refractivity contribution is 5.95. The molecule has 26 heavy (non-hydrogen) atoms. The predicted octanol–water partition coefficient (Wildman–Crippen LogP) is 2.79. The van der Waals surface area contributed by atoms with Crippen molar-refractivity contribution in [3.05, 3.63) is 23.8 Å². The second-order valence-electron chi connectivity index (χ2n) is 7.69. The van der Waals surface area contributed by atoms with Gasteiger partial charge in [0.2, 0.25) is 6.79 Å². The Morgan fingerprint density at radius 2 is 1.88 bits per heavy atom. The summed E-state index contributed by atoms with van der Waals surface area (Å²) >= 11 is 0. The zero-order valence-corrected chi connectivity index (χ0v) is 15.5. The zero-order valence-electron chi connectivity index (χ0n) is 15.5. The van der Waals surface area contributed by atoms with Gasteiger partial charge >= 0.3 is 6.09 Å². The second-order valence-corrected chi connectivity index (χ2v) is 7.69. The number of carbonyl (C=O) groups is 2. The average molecular weight is 362 g/mol. The van der Waals surface area contributed by atoms with Gasteiger partial charge in [-0.2, -0.15) is 0 Å². The molecule has 0 bridgehead atoms. The van der Waals surface area contributed by atoms with E-state index in [4.69, 9.17) is 14.2 Å². The van der Waals surface area contributed by atoms with Crippen LogP contribution >= 0.6 is 0 Å². The third-order valence-electron chi connectivity index (χ3n) is 4.46. The van der Waals surface area contributed by atoms with Crippen LogP contribution in [-0.2, 0) is 4.74 Å². The minimum absolute atomic E-state index is 0.00171. The Morgan fingerprint density at radius 1 is 1.19 bits per heavy atom. The van der Waals surface area contributed by atoms with Crippen molar-refractivity contribution >= 4 is 12.0 Å². The summed E-state index contributed by atoms with van der Waals surface area (Å²) in [5.41, 5.74) is 0.115. The molecule has 1 aromatic carbocycles. The number of piperidine rings is 1. The van der Waals surface area contributed by atoms with E-state index in [0.29, 0.717) is 42.6 Å². The van der Waals surface area contributed by atoms with Crippen molar-refractivity contribution < 1.29 is 23.8 Å². The third kappa shape index (κ3) is 4.59. The first kappa shape index (κ1) is 18.4. The van der Waals surface area contributed by atoms with E-state index in [0.717, 1.165) is 12.8 Å². The SMILES string of the molecule is CC(C)(C)OC(=O)NCC1CCN(C(=O)c2ccc3c(c2)OCO3)CC1. The lowest BCUT2D eigenvalue weighted by Crippen LogP contribution is -2.42. The van der Waals surface area contributed by atoms with Gasteiger partial charge in [-0.1, -0.05) is 0 Å². The zero-order chi connectivity index (χ0) is 18.7. The van der Waals surface area contributed by atoms with Crippen molar-refractivity contribution in [2.24, 2.45) is 5.92 Å². The number of nitrogens with one attached hydrogen (secondary N) is 1. The maximum absolute atomic E-state index is 12.7. The highest BCUT2D eigenvalue weighted by Crippen LogP contribution is 2.33. The lowest BCUT2D eigenvalue weighted by molar-refractivity contribution is 0.0500. The van der Waals surface area contributed by atoms with Gasteiger partial charge in [-0.05, 0) is 57.7 Å². The molecule has 0 spiro atoms. The molecule has 7 nitrogen and oxygen atoms in total. The first-order valence-electron chi connectivity index (χ1n) is 8.97. The van der Waals surface area contributed by atoms with E-state index in [2.05, 4.69) is 5.32 Å². The fourth-order valence-corrected chi connectivity index (χ4v) is 3.09. The summed E-state index contributed by atoms with van der Waals surface area (Å²) in [7, 11) is 0. The molecule has 0 aliphatic carbocycles. The Kier molecular flexibility index (Phi) is 5.25. The quantitative estimate of drug-likeness (QED) is 0.895. The van der Waals surface area contributed by atoms with E-state index >= 15 is 0 Å². The van der Waals surface area contributed by atoms with Crippen molar-refractivity contribution in [2.45, 2.75) is 39.2 Å². The molecule has 7 heteroatoms. The number of fused-ring (bicyclic) bond motifs is 1. The van der Waals surface area contributed by atoms with Crippen LogP contribution in [0.2, 0.25) is 0 Å². The van der Waals surface area contributed by atoms with E-state index < -0.39 is 11.7 Å². The van der Waals surface area contributed by atoms with E-state index in [1.54, 1.807) is 18.2 Å². The molecule has 0 aromatic heterocycles. The highest BCUT2D eigenvalue weighted by atomic mass is 16.7. The van der Waals surface area contributed by atoms with Gasteiger partial charge < -0.3 is 24.4 Å². The number of ether oxygens (including phenoxy) is 3. The third-order valence-corrected chi connectivity index (χ3v) is 4.46. The van der Waals surface area contributed by atoms with E-state index in [1.807, 2.05) is 25.7 Å². The Labute approximate surface area is 153 Å². The molecule has 2 aliphatic rings. The summed E-state index contributed by atoms with van der Waals surface area (Å²) in [6.45, 7) is 7.64. The van der Waals surface area contributed by atoms with Crippen molar-refractivity contribution in [1.29, 1.82) is 0 Å². The standard InChI is InChI=1S/C19H26N2O5/c1-19(2,3)26-18(23)20-11-13-6-8-21(9-7-13)17(22)14-4-5-15-16(10-14)25-12-24-15/h4-5,10,13H,6-9,11-12H2,1-3H3,(H,20,23). The Hall–Kier alpha value is -2.44. The summed E-state index contributed by atoms with van der Waals surface area (Å²) in [5.74, 6) is 1.64. The number of hydrogen-bond acceptors (Lipinski definition) is 5. The van der Waals surface area contributed by atoms with Crippen LogP contribution in [0, 0.1) is 5.92 Å². The second kappa shape index (κ2) is 7.43. The van der Waals surface area contributed by atoms with Crippen LogP contribution in [0.3, 0.4) is 0 Å². The van der Waals surface area contributed by atoms with Gasteiger partial charge in [0.1, 0.15) is 5.60 Å². The van der Waals surface area contributed by atoms with Crippen LogP contribution in [0.1, 0.15) is 44.0 Å². The molecule has 1 N–H and O–H groups in total. The molecule has 0 atom stereocenters. The monoisotopic (exact) mass is 362 g/mol. The van der Waals surface area contributed by atoms with E-state index in [1.165, 1.54) is 0 Å². The van der Waals surface area contributed by atoms with Crippen LogP contribution in [0.15, 0.2) is 18.2 Å². The van der Waals surface area contributed by atoms with Gasteiger partial charge in [0, 0.05) is 25.2 Å². The Balaban J connectivity index is 1.46. The normalized spacial score (nSPS) is 17.1. The smallest absolute Gasteiger partial charge is 0.407 e. The topological polar surface area (TPSA) is 77.1 Å². The van der Waals surface area contributed by atoms with Gasteiger partial charge in [0.15, 0.2) is 11.5 Å². The predicted molar refractivity (Wildman–Crippen MR) is 95.4 cm³/mol. The summed E-state index contributed by atoms with van der Waals surface area (Å²) in [5, 5.41) is 2.82. The highest BCUT2D eigenvalue weighted by Gasteiger charge is 2.26. The molecule has 1 aromatic rings. The lowest BCUT2D eigenvalue weighted by atomic mass is 9.96. The minimum atomic E-state index is -0.496. The average Bonchev–Trinajstić information content (AvgIpc) is 3.06. The molecule has 2 amide bonds. The number of amides is 2. The van der Waals surface area contributed by atoms with Gasteiger partial charge in [-0.3, -0.25) is 4.79 Å².